The molecule has 3 aromatic carbocycles. The number of fused-ring (bicyclic) bond motifs is 17. The molecular formula is C90H139B2BrF6N9O9-. The highest BCUT2D eigenvalue weighted by Gasteiger charge is 2.67. The number of nitrogens with zero attached hydrogens (tertiary/aromatic N) is 6. The van der Waals surface area contributed by atoms with Crippen LogP contribution in [-0.4, -0.2) is 141 Å². The number of halogens is 7. The first-order valence-electron chi connectivity index (χ1n) is 41.7. The van der Waals surface area contributed by atoms with E-state index in [1.165, 1.54) is 48.0 Å². The van der Waals surface area contributed by atoms with E-state index in [4.69, 9.17) is 33.4 Å². The number of hydrogen-bond acceptors (Lipinski definition) is 16. The van der Waals surface area contributed by atoms with Gasteiger partial charge in [0, 0.05) is 75.5 Å². The van der Waals surface area contributed by atoms with Gasteiger partial charge < -0.3 is 47.1 Å². The minimum Gasteiger partial charge on any atom is -0.397 e. The third-order valence-electron chi connectivity index (χ3n) is 33.2. The molecule has 0 unspecified atom stereocenters. The molecule has 0 saturated heterocycles. The summed E-state index contributed by atoms with van der Waals surface area (Å²) in [6.07, 6.45) is 28.3. The van der Waals surface area contributed by atoms with Gasteiger partial charge in [0.15, 0.2) is 46.5 Å². The first kappa shape index (κ1) is 95.8. The summed E-state index contributed by atoms with van der Waals surface area (Å²) in [7, 11) is 10.5. The van der Waals surface area contributed by atoms with Crippen molar-refractivity contribution in [1.82, 2.24) is 36.1 Å². The highest BCUT2D eigenvalue weighted by molar-refractivity contribution is 9.09. The largest absolute Gasteiger partial charge is 0.397 e. The molecule has 2 aromatic heterocycles. The number of alkyl halides is 1. The van der Waals surface area contributed by atoms with Crippen molar-refractivity contribution >= 4 is 82.2 Å². The number of Topliss-reactive ketones (excluding diaryl/α,β-unsaturated/α-hetero) is 3. The summed E-state index contributed by atoms with van der Waals surface area (Å²) in [5.41, 5.74) is 10.5. The molecule has 0 bridgehead atoms. The van der Waals surface area contributed by atoms with Crippen LogP contribution in [0.1, 0.15) is 237 Å². The smallest absolute Gasteiger partial charge is 0.161 e. The lowest BCUT2D eigenvalue weighted by Gasteiger charge is -2.62. The van der Waals surface area contributed by atoms with E-state index in [0.29, 0.717) is 81.7 Å². The lowest BCUT2D eigenvalue weighted by atomic mass is 9.43. The Morgan fingerprint density at radius 1 is 0.453 bits per heavy atom. The monoisotopic (exact) mass is 1700 g/mol. The molecule has 2 radical (unpaired) electrons. The van der Waals surface area contributed by atoms with Crippen LogP contribution in [-0.2, 0) is 41.7 Å². The number of nitrogens with two attached hydrogens (primary N) is 2. The average molecular weight is 1710 g/mol. The van der Waals surface area contributed by atoms with Gasteiger partial charge in [0.2, 0.25) is 0 Å². The Morgan fingerprint density at radius 2 is 0.769 bits per heavy atom. The zero-order valence-electron chi connectivity index (χ0n) is 68.0. The number of carbonyl (C=O) groups is 3. The summed E-state index contributed by atoms with van der Waals surface area (Å²) < 4.78 is 98.2. The molecule has 17 rings (SSSR count). The van der Waals surface area contributed by atoms with Gasteiger partial charge in [-0.3, -0.25) is 14.4 Å². The van der Waals surface area contributed by atoms with E-state index >= 15 is 0 Å². The average Bonchev–Trinajstić information content (AvgIpc) is 1.70. The number of rotatable bonds is 14. The number of ether oxygens (including phenoxy) is 3. The lowest BCUT2D eigenvalue weighted by molar-refractivity contribution is -0.175. The molecule has 2 heterocycles. The zero-order valence-corrected chi connectivity index (χ0v) is 69.6. The van der Waals surface area contributed by atoms with Crippen molar-refractivity contribution in [3.63, 3.8) is 0 Å². The van der Waals surface area contributed by atoms with E-state index in [-0.39, 0.29) is 139 Å². The number of methoxy groups -OCH3 is 3. The Labute approximate surface area is 702 Å². The van der Waals surface area contributed by atoms with Crippen LogP contribution < -0.4 is 17.6 Å². The van der Waals surface area contributed by atoms with Crippen molar-refractivity contribution in [1.29, 1.82) is 0 Å². The highest BCUT2D eigenvalue weighted by atomic mass is 79.9. The number of anilines is 2. The normalized spacial score (nSPS) is 39.0. The van der Waals surface area contributed by atoms with Crippen molar-refractivity contribution < 1.29 is 70.3 Å². The van der Waals surface area contributed by atoms with Crippen LogP contribution in [0, 0.1) is 156 Å². The number of nitrogen functional groups attached to an aromatic ring is 2. The molecule has 12 fully saturated rings. The van der Waals surface area contributed by atoms with Gasteiger partial charge in [0.1, 0.15) is 35.4 Å². The van der Waals surface area contributed by atoms with Crippen LogP contribution in [0.5, 0.6) is 0 Å². The third-order valence-corrected chi connectivity index (χ3v) is 33.8. The molecule has 27 heteroatoms. The predicted octanol–water partition coefficient (Wildman–Crippen LogP) is 17.3. The number of hydrogen-bond donors (Lipinski definition) is 6. The molecule has 24 atom stereocenters. The Balaban J connectivity index is 0.000000186. The van der Waals surface area contributed by atoms with Crippen molar-refractivity contribution in [2.45, 2.75) is 267 Å². The van der Waals surface area contributed by atoms with Gasteiger partial charge in [0.25, 0.3) is 0 Å². The molecule has 10 N–H and O–H groups in total. The van der Waals surface area contributed by atoms with Crippen molar-refractivity contribution in [2.24, 2.45) is 121 Å². The molecular weight excluding hydrogens is 1570 g/mol. The molecule has 0 amide bonds. The lowest BCUT2D eigenvalue weighted by Crippen LogP contribution is -2.58. The molecule has 0 aliphatic heterocycles. The van der Waals surface area contributed by atoms with Crippen molar-refractivity contribution in [2.75, 3.05) is 57.9 Å². The maximum atomic E-state index is 13.9. The van der Waals surface area contributed by atoms with Gasteiger partial charge in [-0.05, 0) is 298 Å². The first-order valence-corrected chi connectivity index (χ1v) is 42.8. The van der Waals surface area contributed by atoms with Crippen LogP contribution in [0.4, 0.5) is 37.7 Å². The minimum atomic E-state index is -0.980. The molecule has 18 nitrogen and oxygen atoms in total. The van der Waals surface area contributed by atoms with Crippen molar-refractivity contribution in [3.8, 4) is 0 Å². The second kappa shape index (κ2) is 36.8. The number of benzene rings is 3. The summed E-state index contributed by atoms with van der Waals surface area (Å²) in [6, 6.07) is 5.88. The fourth-order valence-electron chi connectivity index (χ4n) is 28.2. The Morgan fingerprint density at radius 3 is 1.11 bits per heavy atom. The number of ketones is 3. The minimum absolute atomic E-state index is 0. The van der Waals surface area contributed by atoms with E-state index in [9.17, 15) is 56.0 Å². The van der Waals surface area contributed by atoms with Crippen LogP contribution in [0.2, 0.25) is 0 Å². The molecule has 654 valence electrons. The fraction of sp³-hybridized carbons (Fsp3) is 0.767. The standard InChI is InChI=1S/2C29H39F2N3O3.C23H37BrO3.C6H6F2N2.3CH4.B2H3.H3N/c1-27(36)10-11-29(16-37-3)17(14-27)4-5-18-19-6-7-21(28(19,2)9-8-20(18)29)26(35)15-34-25-13-23(31)22(30)12-24(25)32-33-34;1-27(36)10-11-29(16-37-3)17(14-27)4-5-18-19-6-7-21(28(19,2)9-8-20(18)29)26(35)15-34-32-24-12-22(30)23(31)13-25(24)33-34;1-21(26)10-11-23(14-27-3)15(12-21)4-5-16-17-6-7-19(20(25)13-24)22(17,2)9-8-18(16)23;7-3-1-5(9)6(10)2-4(3)8;;;;1-2;/h2*12-13,17-21,36H,4-11,14-16H2,1-3H3;15-19,26H,4-14H2,1-3H3;1-2H,9-10H2;3*1H4;1H3;1H3/q;;;;;;;-1;/t2*17-,18-,19-,20-,21+,27+,28-,29+;15-,16-,17-,18-,19+,21+,22-,23+;;;;;;/m000....../s1. The summed E-state index contributed by atoms with van der Waals surface area (Å²) in [5.74, 6) is 2.05. The number of aliphatic hydroxyl groups is 3. The summed E-state index contributed by atoms with van der Waals surface area (Å²) >= 11 is 3.43. The third kappa shape index (κ3) is 17.6. The maximum Gasteiger partial charge on any atom is 0.161 e. The predicted molar refractivity (Wildman–Crippen MR) is 456 cm³/mol. The van der Waals surface area contributed by atoms with Crippen LogP contribution in [0.3, 0.4) is 0 Å². The SMILES string of the molecule is C.C.C.COC[C@]12CC[C@@](C)(O)C[C@@H]1CC[C@H]1[C@@H]3CC[C@H](C(=O)CBr)[C@@]3(C)CC[C@@H]12.COC[C@]12CC[C@@](C)(O)C[C@@H]1CC[C@H]1[C@@H]3CC[C@H](C(=O)Cn4nc5cc(F)c(F)cc5n4)[C@@]3(C)CC[C@@H]12.COC[C@]12CC[C@@](C)(O)C[C@@H]1CC[C@H]1[C@@H]3CC[C@H](C(=O)Cn4nnc5cc(F)c(F)cc54)[C@@]3(C)CC[C@@H]12.N.Nc1cc(F)c(F)cc1N.[B][BH3-]. The van der Waals surface area contributed by atoms with Gasteiger partial charge in [-0.1, -0.05) is 71.9 Å². The summed E-state index contributed by atoms with van der Waals surface area (Å²) in [5, 5.41) is 49.4. The Hall–Kier alpha value is -5.02. The second-order valence-electron chi connectivity index (χ2n) is 39.0. The molecule has 12 aliphatic rings. The van der Waals surface area contributed by atoms with Gasteiger partial charge in [0.05, 0.1) is 58.8 Å². The molecule has 117 heavy (non-hydrogen) atoms. The van der Waals surface area contributed by atoms with E-state index in [1.54, 1.807) is 0 Å². The van der Waals surface area contributed by atoms with Gasteiger partial charge in [-0.2, -0.15) is 22.7 Å². The fourth-order valence-corrected chi connectivity index (χ4v) is 28.6. The maximum absolute atomic E-state index is 13.9. The summed E-state index contributed by atoms with van der Waals surface area (Å²) in [6.45, 7) is 15.5. The van der Waals surface area contributed by atoms with Crippen LogP contribution in [0.25, 0.3) is 22.1 Å². The number of aromatic nitrogens is 6. The van der Waals surface area contributed by atoms with E-state index in [0.717, 1.165) is 197 Å². The molecule has 12 saturated carbocycles. The Kier molecular flexibility index (Phi) is 30.1. The first-order chi connectivity index (χ1) is 53.5. The van der Waals surface area contributed by atoms with Gasteiger partial charge >= 0.3 is 0 Å². The number of carbonyl (C=O) groups excluding carboxylic acids is 3. The van der Waals surface area contributed by atoms with Crippen LogP contribution in [0.15, 0.2) is 36.4 Å². The second-order valence-corrected chi connectivity index (χ2v) is 39.6. The van der Waals surface area contributed by atoms with Crippen LogP contribution >= 0.6 is 15.9 Å². The molecule has 12 aliphatic carbocycles. The summed E-state index contributed by atoms with van der Waals surface area (Å²) in [4.78, 5) is 41.2. The van der Waals surface area contributed by atoms with E-state index < -0.39 is 51.7 Å². The van der Waals surface area contributed by atoms with E-state index in [2.05, 4.69) is 57.2 Å². The van der Waals surface area contributed by atoms with Gasteiger partial charge in [-0.15, -0.1) is 5.10 Å². The van der Waals surface area contributed by atoms with Crippen molar-refractivity contribution in [3.05, 3.63) is 71.3 Å². The van der Waals surface area contributed by atoms with E-state index in [1.807, 2.05) is 42.1 Å². The Bertz CT molecular complexity index is 4190. The van der Waals surface area contributed by atoms with Gasteiger partial charge in [-0.25, -0.2) is 31.0 Å². The molecule has 0 spiro atoms. The topological polar surface area (TPSA) is 288 Å². The molecule has 5 aromatic rings. The zero-order chi connectivity index (χ0) is 81.5. The quantitative estimate of drug-likeness (QED) is 0.0261. The highest BCUT2D eigenvalue weighted by Crippen LogP contribution is 2.72.